The van der Waals surface area contributed by atoms with Crippen LogP contribution in [0.1, 0.15) is 54.9 Å². The molecule has 3 N–H and O–H groups in total. The summed E-state index contributed by atoms with van der Waals surface area (Å²) in [5, 5.41) is 9.68. The van der Waals surface area contributed by atoms with Crippen LogP contribution in [0.5, 0.6) is 0 Å². The van der Waals surface area contributed by atoms with Gasteiger partial charge in [0.15, 0.2) is 0 Å². The Balaban J connectivity index is 2.09. The quantitative estimate of drug-likeness (QED) is 0.868. The summed E-state index contributed by atoms with van der Waals surface area (Å²) < 4.78 is 22.9. The molecule has 1 aromatic heterocycles. The van der Waals surface area contributed by atoms with Crippen LogP contribution in [-0.2, 0) is 10.0 Å². The summed E-state index contributed by atoms with van der Waals surface area (Å²) in [5.74, 6) is -0.210. The molecule has 0 aromatic carbocycles. The maximum absolute atomic E-state index is 12.3. The lowest BCUT2D eigenvalue weighted by Crippen LogP contribution is -2.35. The van der Waals surface area contributed by atoms with E-state index in [1.54, 1.807) is 12.3 Å². The molecule has 1 saturated carbocycles. The Kier molecular flexibility index (Phi) is 4.75. The van der Waals surface area contributed by atoms with Gasteiger partial charge in [0, 0.05) is 11.9 Å². The number of primary sulfonamides is 1. The summed E-state index contributed by atoms with van der Waals surface area (Å²) in [5.41, 5.74) is 1.06. The van der Waals surface area contributed by atoms with Crippen LogP contribution in [-0.4, -0.2) is 20.9 Å². The van der Waals surface area contributed by atoms with Gasteiger partial charge in [-0.1, -0.05) is 19.8 Å². The molecule has 7 heteroatoms. The molecule has 0 aliphatic heterocycles. The molecule has 1 heterocycles. The number of rotatable bonds is 5. The van der Waals surface area contributed by atoms with Crippen molar-refractivity contribution in [1.82, 2.24) is 5.32 Å². The van der Waals surface area contributed by atoms with Gasteiger partial charge in [0.05, 0.1) is 5.56 Å². The number of amides is 1. The Morgan fingerprint density at radius 1 is 1.43 bits per heavy atom. The molecular weight excluding hydrogens is 308 g/mol. The molecule has 0 unspecified atom stereocenters. The van der Waals surface area contributed by atoms with Crippen LogP contribution in [0.3, 0.4) is 0 Å². The van der Waals surface area contributed by atoms with Gasteiger partial charge >= 0.3 is 0 Å². The van der Waals surface area contributed by atoms with Gasteiger partial charge in [-0.05, 0) is 37.2 Å². The second kappa shape index (κ2) is 6.06. The number of nitrogens with two attached hydrogens (primary N) is 1. The minimum absolute atomic E-state index is 0.0683. The van der Waals surface area contributed by atoms with Crippen molar-refractivity contribution < 1.29 is 13.2 Å². The van der Waals surface area contributed by atoms with Crippen molar-refractivity contribution in [3.05, 3.63) is 16.5 Å². The molecule has 118 valence electrons. The van der Waals surface area contributed by atoms with Crippen molar-refractivity contribution in [1.29, 1.82) is 0 Å². The molecule has 0 atom stereocenters. The number of thiophene rings is 1. The Morgan fingerprint density at radius 3 is 2.52 bits per heavy atom. The van der Waals surface area contributed by atoms with Gasteiger partial charge in [0.2, 0.25) is 10.0 Å². The van der Waals surface area contributed by atoms with E-state index < -0.39 is 10.0 Å². The zero-order chi connectivity index (χ0) is 15.7. The first-order valence-electron chi connectivity index (χ1n) is 7.18. The van der Waals surface area contributed by atoms with Crippen LogP contribution in [0.25, 0.3) is 0 Å². The first-order valence-corrected chi connectivity index (χ1v) is 9.61. The van der Waals surface area contributed by atoms with E-state index in [1.807, 2.05) is 0 Å². The highest BCUT2D eigenvalue weighted by Crippen LogP contribution is 2.40. The Hall–Kier alpha value is -0.920. The molecule has 5 nitrogen and oxygen atoms in total. The number of hydrogen-bond acceptors (Lipinski definition) is 4. The van der Waals surface area contributed by atoms with Gasteiger partial charge in [-0.15, -0.1) is 11.3 Å². The third-order valence-electron chi connectivity index (χ3n) is 4.54. The summed E-state index contributed by atoms with van der Waals surface area (Å²) in [6.45, 7) is 4.44. The smallest absolute Gasteiger partial charge is 0.252 e. The Bertz CT molecular complexity index is 629. The van der Waals surface area contributed by atoms with E-state index in [1.165, 1.54) is 12.8 Å². The molecule has 0 saturated heterocycles. The van der Waals surface area contributed by atoms with Crippen LogP contribution in [0, 0.1) is 12.3 Å². The number of carbonyl (C=O) groups is 1. The SMILES string of the molecule is CCC1(CNC(=O)c2csc(S(N)(=O)=O)c2C)CCCC1. The summed E-state index contributed by atoms with van der Waals surface area (Å²) in [4.78, 5) is 12.3. The minimum atomic E-state index is -3.75. The molecule has 0 spiro atoms. The van der Waals surface area contributed by atoms with Gasteiger partial charge < -0.3 is 5.32 Å². The average Bonchev–Trinajstić information content (AvgIpc) is 3.02. The molecule has 2 rings (SSSR count). The average molecular weight is 330 g/mol. The van der Waals surface area contributed by atoms with Crippen molar-refractivity contribution in [3.8, 4) is 0 Å². The van der Waals surface area contributed by atoms with Crippen molar-refractivity contribution in [3.63, 3.8) is 0 Å². The zero-order valence-electron chi connectivity index (χ0n) is 12.4. The standard InChI is InChI=1S/C14H22N2O3S2/c1-3-14(6-4-5-7-14)9-16-12(17)11-8-20-13(10(11)2)21(15,18)19/h8H,3-7,9H2,1-2H3,(H,16,17)(H2,15,18,19). The second-order valence-corrected chi connectivity index (χ2v) is 8.49. The van der Waals surface area contributed by atoms with Crippen LogP contribution in [0.15, 0.2) is 9.59 Å². The fraction of sp³-hybridized carbons (Fsp3) is 0.643. The van der Waals surface area contributed by atoms with Crippen LogP contribution >= 0.6 is 11.3 Å². The van der Waals surface area contributed by atoms with E-state index >= 15 is 0 Å². The van der Waals surface area contributed by atoms with Gasteiger partial charge in [0.25, 0.3) is 5.91 Å². The molecule has 0 bridgehead atoms. The lowest BCUT2D eigenvalue weighted by Gasteiger charge is -2.27. The highest BCUT2D eigenvalue weighted by molar-refractivity contribution is 7.91. The lowest BCUT2D eigenvalue weighted by atomic mass is 9.83. The third-order valence-corrected chi connectivity index (χ3v) is 7.22. The first kappa shape index (κ1) is 16.5. The molecule has 21 heavy (non-hydrogen) atoms. The van der Waals surface area contributed by atoms with E-state index in [-0.39, 0.29) is 15.5 Å². The minimum Gasteiger partial charge on any atom is -0.351 e. The summed E-state index contributed by atoms with van der Waals surface area (Å²) >= 11 is 1.00. The fourth-order valence-corrected chi connectivity index (χ4v) is 5.06. The van der Waals surface area contributed by atoms with E-state index in [0.717, 1.165) is 30.6 Å². The number of nitrogens with one attached hydrogen (secondary N) is 1. The summed E-state index contributed by atoms with van der Waals surface area (Å²) in [6.07, 6.45) is 5.79. The van der Waals surface area contributed by atoms with Crippen LogP contribution < -0.4 is 10.5 Å². The van der Waals surface area contributed by atoms with E-state index in [0.29, 0.717) is 17.7 Å². The molecule has 1 aromatic rings. The van der Waals surface area contributed by atoms with Crippen molar-refractivity contribution in [2.75, 3.05) is 6.54 Å². The highest BCUT2D eigenvalue weighted by atomic mass is 32.2. The first-order chi connectivity index (χ1) is 9.79. The van der Waals surface area contributed by atoms with E-state index in [2.05, 4.69) is 12.2 Å². The molecule has 1 aliphatic carbocycles. The predicted molar refractivity (Wildman–Crippen MR) is 84.0 cm³/mol. The van der Waals surface area contributed by atoms with Gasteiger partial charge in [-0.3, -0.25) is 4.79 Å². The van der Waals surface area contributed by atoms with Gasteiger partial charge in [0.1, 0.15) is 4.21 Å². The maximum atomic E-state index is 12.3. The van der Waals surface area contributed by atoms with Crippen molar-refractivity contribution >= 4 is 27.3 Å². The fourth-order valence-electron chi connectivity index (χ4n) is 3.05. The van der Waals surface area contributed by atoms with Crippen molar-refractivity contribution in [2.45, 2.75) is 50.2 Å². The van der Waals surface area contributed by atoms with Gasteiger partial charge in [-0.2, -0.15) is 0 Å². The molecular formula is C14H22N2O3S2. The summed E-state index contributed by atoms with van der Waals surface area (Å²) in [6, 6.07) is 0. The summed E-state index contributed by atoms with van der Waals surface area (Å²) in [7, 11) is -3.75. The molecule has 1 amide bonds. The maximum Gasteiger partial charge on any atom is 0.252 e. The number of carbonyl (C=O) groups excluding carboxylic acids is 1. The number of hydrogen-bond donors (Lipinski definition) is 2. The Morgan fingerprint density at radius 2 is 2.05 bits per heavy atom. The highest BCUT2D eigenvalue weighted by Gasteiger charge is 2.32. The largest absolute Gasteiger partial charge is 0.351 e. The number of sulfonamides is 1. The topological polar surface area (TPSA) is 89.3 Å². The van der Waals surface area contributed by atoms with Crippen LogP contribution in [0.4, 0.5) is 0 Å². The van der Waals surface area contributed by atoms with E-state index in [9.17, 15) is 13.2 Å². The van der Waals surface area contributed by atoms with Crippen molar-refractivity contribution in [2.24, 2.45) is 10.6 Å². The van der Waals surface area contributed by atoms with E-state index in [4.69, 9.17) is 5.14 Å². The second-order valence-electron chi connectivity index (χ2n) is 5.85. The monoisotopic (exact) mass is 330 g/mol. The van der Waals surface area contributed by atoms with Crippen LogP contribution in [0.2, 0.25) is 0 Å². The third kappa shape index (κ3) is 3.46. The molecule has 0 radical (unpaired) electrons. The zero-order valence-corrected chi connectivity index (χ0v) is 14.1. The normalized spacial score (nSPS) is 17.9. The predicted octanol–water partition coefficient (Wildman–Crippen LogP) is 2.40. The lowest BCUT2D eigenvalue weighted by molar-refractivity contribution is 0.0928. The molecule has 1 fully saturated rings. The Labute approximate surface area is 130 Å². The molecule has 1 aliphatic rings. The van der Waals surface area contributed by atoms with Gasteiger partial charge in [-0.25, -0.2) is 13.6 Å².